The number of cyclic esters (lactones) is 1. The van der Waals surface area contributed by atoms with Crippen LogP contribution in [0.5, 0.6) is 5.75 Å². The number of aryl methyl sites for hydroxylation is 1. The van der Waals surface area contributed by atoms with Gasteiger partial charge in [-0.15, -0.1) is 0 Å². The van der Waals surface area contributed by atoms with Crippen LogP contribution in [0, 0.1) is 11.8 Å². The molecule has 26 heteroatoms. The van der Waals surface area contributed by atoms with E-state index in [4.69, 9.17) is 34.4 Å². The molecule has 0 fully saturated rings. The molecule has 6 rings (SSSR count). The first-order valence-electron chi connectivity index (χ1n) is 26.6. The number of alkyl carbamates (subject to hydrolysis) is 1. The molecule has 4 heterocycles. The van der Waals surface area contributed by atoms with Crippen molar-refractivity contribution in [3.05, 3.63) is 86.7 Å². The topological polar surface area (TPSA) is 318 Å². The number of benzene rings is 2. The quantitative estimate of drug-likeness (QED) is 0.0194. The maximum Gasteiger partial charge on any atom is 0.343 e. The Balaban J connectivity index is 0.966. The molecular weight excluding hydrogens is 1180 g/mol. The van der Waals surface area contributed by atoms with E-state index in [-0.39, 0.29) is 132 Å². The molecule has 7 N–H and O–H groups in total. The van der Waals surface area contributed by atoms with Crippen LogP contribution in [0.15, 0.2) is 53.3 Å². The summed E-state index contributed by atoms with van der Waals surface area (Å²) in [6.45, 7) is 11.4. The average Bonchev–Trinajstić information content (AvgIpc) is 3.81. The Hall–Kier alpha value is -7.24. The minimum atomic E-state index is -1.95. The van der Waals surface area contributed by atoms with E-state index in [9.17, 15) is 48.3 Å². The molecule has 2 aliphatic rings. The third-order valence-electron chi connectivity index (χ3n) is 13.5. The second kappa shape index (κ2) is 29.0. The van der Waals surface area contributed by atoms with Crippen LogP contribution >= 0.6 is 0 Å². The van der Waals surface area contributed by atoms with Crippen LogP contribution in [0.25, 0.3) is 22.3 Å². The molecule has 0 aliphatic carbocycles. The minimum Gasteiger partial charge on any atom is -0.458 e. The number of nitrogens with zero attached hydrogens (tertiary/aromatic N) is 4. The summed E-state index contributed by atoms with van der Waals surface area (Å²) in [7, 11) is 3.05. The Morgan fingerprint density at radius 1 is 0.864 bits per heavy atom. The zero-order valence-electron chi connectivity index (χ0n) is 46.7. The molecule has 0 saturated carbocycles. The summed E-state index contributed by atoms with van der Waals surface area (Å²) in [5, 5.41) is 24.0. The minimum absolute atomic E-state index is 0.0261. The molecule has 2 aromatic heterocycles. The van der Waals surface area contributed by atoms with Gasteiger partial charge in [-0.1, -0.05) is 26.0 Å². The van der Waals surface area contributed by atoms with Gasteiger partial charge in [0.2, 0.25) is 0 Å². The zero-order valence-corrected chi connectivity index (χ0v) is 50.1. The molecule has 2 aliphatic heterocycles. The summed E-state index contributed by atoms with van der Waals surface area (Å²) in [5.41, 5.74) is 7.68. The number of carbonyl (C=O) groups is 8. The summed E-state index contributed by atoms with van der Waals surface area (Å²) >= 11 is 0.476. The fourth-order valence-electron chi connectivity index (χ4n) is 8.82. The molecule has 0 bridgehead atoms. The van der Waals surface area contributed by atoms with Crippen molar-refractivity contribution in [1.29, 1.82) is 0 Å². The fraction of sp³-hybridized carbons (Fsp3) is 0.491. The number of aliphatic hydroxyl groups is 1. The van der Waals surface area contributed by atoms with Crippen molar-refractivity contribution in [3.63, 3.8) is 0 Å². The van der Waals surface area contributed by atoms with Crippen molar-refractivity contribution < 1.29 is 67.1 Å². The fourth-order valence-corrected chi connectivity index (χ4v) is 14.0. The summed E-state index contributed by atoms with van der Waals surface area (Å²) in [6, 6.07) is 10.3. The van der Waals surface area contributed by atoms with Crippen molar-refractivity contribution in [2.45, 2.75) is 115 Å². The monoisotopic (exact) mass is 1260 g/mol. The van der Waals surface area contributed by atoms with Gasteiger partial charge in [0.05, 0.1) is 29.0 Å². The Morgan fingerprint density at radius 3 is 2.19 bits per heavy atom. The Bertz CT molecular complexity index is 3050. The number of aromatic nitrogens is 2. The molecule has 81 heavy (non-hydrogen) atoms. The van der Waals surface area contributed by atoms with Gasteiger partial charge in [0.15, 0.2) is 5.60 Å². The second-order valence-electron chi connectivity index (χ2n) is 20.0. The molecular formula is C55H71N9O15Se2. The Labute approximate surface area is 480 Å². The van der Waals surface area contributed by atoms with E-state index >= 15 is 0 Å². The number of fused-ring (bicyclic) bond motifs is 5. The normalized spacial score (nSPS) is 14.8. The van der Waals surface area contributed by atoms with Crippen molar-refractivity contribution >= 4 is 90.9 Å². The predicted molar refractivity (Wildman–Crippen MR) is 299 cm³/mol. The van der Waals surface area contributed by atoms with Crippen molar-refractivity contribution in [1.82, 2.24) is 35.3 Å². The molecule has 24 nitrogen and oxygen atoms in total. The van der Waals surface area contributed by atoms with Gasteiger partial charge in [0.25, 0.3) is 5.56 Å². The molecule has 0 radical (unpaired) electrons. The van der Waals surface area contributed by atoms with Crippen LogP contribution in [-0.4, -0.2) is 158 Å². The van der Waals surface area contributed by atoms with E-state index < -0.39 is 59.8 Å². The van der Waals surface area contributed by atoms with Gasteiger partial charge in [-0.05, 0) is 60.4 Å². The summed E-state index contributed by atoms with van der Waals surface area (Å²) in [4.78, 5) is 123. The first-order chi connectivity index (χ1) is 38.6. The molecule has 7 amide bonds. The number of nitrogens with two attached hydrogens (primary N) is 1. The van der Waals surface area contributed by atoms with Crippen LogP contribution in [0.3, 0.4) is 0 Å². The largest absolute Gasteiger partial charge is 0.458 e. The maximum atomic E-state index is 13.7. The number of esters is 2. The van der Waals surface area contributed by atoms with Gasteiger partial charge >= 0.3 is 219 Å². The van der Waals surface area contributed by atoms with E-state index in [0.29, 0.717) is 46.5 Å². The molecule has 438 valence electrons. The van der Waals surface area contributed by atoms with E-state index in [1.165, 1.54) is 23.9 Å². The van der Waals surface area contributed by atoms with E-state index in [1.807, 2.05) is 6.92 Å². The number of carbonyl (C=O) groups excluding carboxylic acids is 8. The average molecular weight is 1260 g/mol. The van der Waals surface area contributed by atoms with Crippen molar-refractivity contribution in [2.24, 2.45) is 17.6 Å². The van der Waals surface area contributed by atoms with E-state index in [1.54, 1.807) is 87.7 Å². The van der Waals surface area contributed by atoms with Gasteiger partial charge in [-0.2, -0.15) is 0 Å². The number of nitrogens with one attached hydrogen (secondary N) is 4. The van der Waals surface area contributed by atoms with E-state index in [2.05, 4.69) is 21.3 Å². The Morgan fingerprint density at radius 2 is 1.54 bits per heavy atom. The maximum absolute atomic E-state index is 13.7. The van der Waals surface area contributed by atoms with Gasteiger partial charge in [0.1, 0.15) is 19.0 Å². The predicted octanol–water partition coefficient (Wildman–Crippen LogP) is 4.32. The van der Waals surface area contributed by atoms with Crippen LogP contribution < -0.4 is 37.3 Å². The van der Waals surface area contributed by atoms with Gasteiger partial charge < -0.3 is 44.7 Å². The number of ether oxygens (including phenoxy) is 5. The van der Waals surface area contributed by atoms with Crippen molar-refractivity contribution in [3.8, 4) is 17.1 Å². The Kier molecular flexibility index (Phi) is 22.5. The molecule has 4 aromatic rings. The van der Waals surface area contributed by atoms with Crippen LogP contribution in [0.1, 0.15) is 88.6 Å². The number of hydrogen-bond acceptors (Lipinski definition) is 16. The third-order valence-corrected chi connectivity index (χ3v) is 20.7. The van der Waals surface area contributed by atoms with Crippen LogP contribution in [0.2, 0.25) is 10.6 Å². The number of primary amides is 1. The number of amides is 7. The van der Waals surface area contributed by atoms with Crippen LogP contribution in [0.4, 0.5) is 24.9 Å². The molecule has 0 saturated heterocycles. The number of urea groups is 1. The van der Waals surface area contributed by atoms with Gasteiger partial charge in [0, 0.05) is 43.7 Å². The number of hydrogen-bond donors (Lipinski definition) is 6. The summed E-state index contributed by atoms with van der Waals surface area (Å²) in [5.74, 6) is -2.51. The van der Waals surface area contributed by atoms with E-state index in [0.717, 1.165) is 21.8 Å². The molecule has 0 unspecified atom stereocenters. The molecule has 2 aromatic carbocycles. The zero-order chi connectivity index (χ0) is 59.1. The standard InChI is InChI=1S/C55H71N9O15Se2/c1-9-36-37-26-35(17-18-41(37)59-45-38(36)28-64-43(45)27-40-39(48(64)67)30-77-50(69)55(40,74)10-2)79-54(73)63(8)21-20-62(7)53(72)78-29-33-13-15-34(16-14-33)58-46(65)42(12-11-19-57-51(56)70)60-47(66)44(31(3)4)61-52(71)76-23-25-81-80-24-22-75-49(68)32(5)6/h13-18,26-27,31-32,42,44,74H,9-12,19-25,28-30H2,1-8H3,(H,58,65)(H,60,66)(H,61,71)(H3,56,57,70)/t42-,44-,55-/m0/s1. The van der Waals surface area contributed by atoms with Gasteiger partial charge in [-0.25, -0.2) is 24.2 Å². The first kappa shape index (κ1) is 62.9. The molecule has 3 atom stereocenters. The number of pyridine rings is 2. The number of anilines is 1. The SMILES string of the molecule is CCc1c2c(nc3ccc(OC(=O)N(C)CCN(C)C(=O)OCc4ccc(NC(=O)[C@H](CCCNC(N)=O)NC(=O)[C@@H](NC(=O)OCC[Se][Se]CCOC(=O)C(C)C)C(C)C)cc4)cc13)-c1cc3c(c(=O)n1C2)COC(=O)[C@]3(O)CC. The third kappa shape index (κ3) is 16.2. The van der Waals surface area contributed by atoms with Crippen LogP contribution in [-0.2, 0) is 69.9 Å². The van der Waals surface area contributed by atoms with Crippen molar-refractivity contribution in [2.75, 3.05) is 52.3 Å². The first-order valence-corrected chi connectivity index (χ1v) is 33.3. The summed E-state index contributed by atoms with van der Waals surface area (Å²) < 4.78 is 28.6. The smallest absolute Gasteiger partial charge is 0.343 e. The second-order valence-corrected chi connectivity index (χ2v) is 27.8. The van der Waals surface area contributed by atoms with Gasteiger partial charge in [-0.3, -0.25) is 4.79 Å². The number of rotatable bonds is 26. The molecule has 0 spiro atoms. The summed E-state index contributed by atoms with van der Waals surface area (Å²) in [6.07, 6.45) is -1.14. The number of likely N-dealkylation sites (N-methyl/N-ethyl adjacent to an activating group) is 2.